The predicted molar refractivity (Wildman–Crippen MR) is 96.9 cm³/mol. The van der Waals surface area contributed by atoms with Gasteiger partial charge in [-0.15, -0.1) is 18.3 Å². The van der Waals surface area contributed by atoms with Gasteiger partial charge in [0.15, 0.2) is 0 Å². The first kappa shape index (κ1) is 16.6. The molecule has 0 aliphatic carbocycles. The van der Waals surface area contributed by atoms with Crippen LogP contribution in [0.4, 0.5) is 11.4 Å². The second-order valence-electron chi connectivity index (χ2n) is 5.25. The first-order chi connectivity index (χ1) is 11.5. The maximum absolute atomic E-state index is 12.7. The molecule has 1 aliphatic rings. The fraction of sp³-hybridized carbons (Fsp3) is 0.118. The highest BCUT2D eigenvalue weighted by atomic mass is 32.2. The third-order valence-corrected chi connectivity index (χ3v) is 5.93. The number of anilines is 2. The Kier molecular flexibility index (Phi) is 4.64. The summed E-state index contributed by atoms with van der Waals surface area (Å²) < 4.78 is 28.0. The number of hydrogen-bond donors (Lipinski definition) is 2. The number of carbonyl (C=O) groups is 1. The Morgan fingerprint density at radius 3 is 2.83 bits per heavy atom. The zero-order valence-electron chi connectivity index (χ0n) is 12.8. The van der Waals surface area contributed by atoms with E-state index in [1.54, 1.807) is 24.3 Å². The second kappa shape index (κ2) is 6.70. The molecule has 24 heavy (non-hydrogen) atoms. The number of hydrogen-bond acceptors (Lipinski definition) is 4. The quantitative estimate of drug-likeness (QED) is 0.612. The first-order valence-electron chi connectivity index (χ1n) is 7.28. The number of fused-ring (bicyclic) bond motifs is 1. The van der Waals surface area contributed by atoms with Crippen LogP contribution in [-0.4, -0.2) is 20.1 Å². The topological polar surface area (TPSA) is 75.3 Å². The van der Waals surface area contributed by atoms with Crippen molar-refractivity contribution in [2.24, 2.45) is 0 Å². The van der Waals surface area contributed by atoms with Gasteiger partial charge in [0.2, 0.25) is 5.91 Å². The summed E-state index contributed by atoms with van der Waals surface area (Å²) in [6, 6.07) is 11.9. The Morgan fingerprint density at radius 2 is 2.04 bits per heavy atom. The molecule has 1 heterocycles. The van der Waals surface area contributed by atoms with E-state index in [0.29, 0.717) is 22.7 Å². The molecule has 2 aromatic carbocycles. The molecule has 0 radical (unpaired) electrons. The summed E-state index contributed by atoms with van der Waals surface area (Å²) in [4.78, 5) is 12.4. The van der Waals surface area contributed by atoms with Crippen LogP contribution >= 0.6 is 11.8 Å². The van der Waals surface area contributed by atoms with Gasteiger partial charge in [-0.3, -0.25) is 9.52 Å². The van der Waals surface area contributed by atoms with Crippen LogP contribution in [0, 0.1) is 0 Å². The predicted octanol–water partition coefficient (Wildman–Crippen LogP) is 3.26. The number of carbonyl (C=O) groups excluding carboxylic acids is 1. The van der Waals surface area contributed by atoms with Crippen molar-refractivity contribution in [3.05, 3.63) is 60.7 Å². The van der Waals surface area contributed by atoms with Crippen molar-refractivity contribution in [1.82, 2.24) is 0 Å². The molecule has 0 unspecified atom stereocenters. The molecule has 1 amide bonds. The molecule has 0 saturated heterocycles. The molecule has 0 fully saturated rings. The van der Waals surface area contributed by atoms with Gasteiger partial charge in [0.05, 0.1) is 17.0 Å². The van der Waals surface area contributed by atoms with Gasteiger partial charge < -0.3 is 5.32 Å². The van der Waals surface area contributed by atoms with E-state index < -0.39 is 10.0 Å². The Labute approximate surface area is 145 Å². The van der Waals surface area contributed by atoms with Gasteiger partial charge in [0.25, 0.3) is 10.0 Å². The third-order valence-electron chi connectivity index (χ3n) is 3.50. The summed E-state index contributed by atoms with van der Waals surface area (Å²) >= 11 is 1.50. The lowest BCUT2D eigenvalue weighted by Gasteiger charge is -2.12. The van der Waals surface area contributed by atoms with Gasteiger partial charge in [-0.2, -0.15) is 0 Å². The molecule has 5 nitrogen and oxygen atoms in total. The zero-order chi connectivity index (χ0) is 17.2. The molecule has 0 bridgehead atoms. The van der Waals surface area contributed by atoms with Crippen LogP contribution in [0.1, 0.15) is 5.56 Å². The fourth-order valence-corrected chi connectivity index (χ4v) is 4.34. The van der Waals surface area contributed by atoms with Crippen LogP contribution in [0.2, 0.25) is 0 Å². The standard InChI is InChI=1S/C17H16N2O3S2/c1-2-9-23-16-6-4-3-5-15(16)19-24(21,22)13-7-8-14-12(10-13)11-17(20)18-14/h2-8,10,19H,1,9,11H2,(H,18,20). The number of para-hydroxylation sites is 1. The molecule has 1 aliphatic heterocycles. The maximum Gasteiger partial charge on any atom is 0.261 e. The number of sulfonamides is 1. The summed E-state index contributed by atoms with van der Waals surface area (Å²) in [6.45, 7) is 3.67. The van der Waals surface area contributed by atoms with Crippen LogP contribution in [0.3, 0.4) is 0 Å². The Bertz CT molecular complexity index is 908. The summed E-state index contributed by atoms with van der Waals surface area (Å²) in [5.74, 6) is 0.560. The highest BCUT2D eigenvalue weighted by molar-refractivity contribution is 7.99. The lowest BCUT2D eigenvalue weighted by molar-refractivity contribution is -0.115. The van der Waals surface area contributed by atoms with E-state index in [0.717, 1.165) is 4.90 Å². The molecule has 2 aromatic rings. The highest BCUT2D eigenvalue weighted by Crippen LogP contribution is 2.30. The molecule has 2 N–H and O–H groups in total. The van der Waals surface area contributed by atoms with Crippen LogP contribution < -0.4 is 10.0 Å². The minimum Gasteiger partial charge on any atom is -0.326 e. The molecular formula is C17H16N2O3S2. The van der Waals surface area contributed by atoms with Crippen molar-refractivity contribution in [2.75, 3.05) is 15.8 Å². The van der Waals surface area contributed by atoms with Crippen molar-refractivity contribution in [2.45, 2.75) is 16.2 Å². The van der Waals surface area contributed by atoms with Crippen molar-refractivity contribution in [1.29, 1.82) is 0 Å². The number of thioether (sulfide) groups is 1. The molecule has 0 saturated carbocycles. The van der Waals surface area contributed by atoms with Gasteiger partial charge in [-0.1, -0.05) is 18.2 Å². The molecule has 0 aromatic heterocycles. The Balaban J connectivity index is 1.89. The van der Waals surface area contributed by atoms with Crippen molar-refractivity contribution >= 4 is 39.1 Å². The first-order valence-corrected chi connectivity index (χ1v) is 9.75. The largest absolute Gasteiger partial charge is 0.326 e. The number of nitrogens with one attached hydrogen (secondary N) is 2. The summed E-state index contributed by atoms with van der Waals surface area (Å²) in [5.41, 5.74) is 1.89. The lowest BCUT2D eigenvalue weighted by Crippen LogP contribution is -2.13. The van der Waals surface area contributed by atoms with Crippen LogP contribution in [0.15, 0.2) is 64.9 Å². The Morgan fingerprint density at radius 1 is 1.25 bits per heavy atom. The SMILES string of the molecule is C=CCSc1ccccc1NS(=O)(=O)c1ccc2c(c1)CC(=O)N2. The monoisotopic (exact) mass is 360 g/mol. The number of benzene rings is 2. The minimum atomic E-state index is -3.73. The molecule has 124 valence electrons. The smallest absolute Gasteiger partial charge is 0.261 e. The average molecular weight is 360 g/mol. The molecule has 0 spiro atoms. The van der Waals surface area contributed by atoms with Crippen molar-refractivity contribution in [3.63, 3.8) is 0 Å². The van der Waals surface area contributed by atoms with Gasteiger partial charge >= 0.3 is 0 Å². The van der Waals surface area contributed by atoms with Gasteiger partial charge in [-0.05, 0) is 35.9 Å². The van der Waals surface area contributed by atoms with E-state index in [2.05, 4.69) is 16.6 Å². The normalized spacial score (nSPS) is 13.2. The van der Waals surface area contributed by atoms with E-state index in [-0.39, 0.29) is 17.2 Å². The average Bonchev–Trinajstić information content (AvgIpc) is 2.93. The summed E-state index contributed by atoms with van der Waals surface area (Å²) in [6.07, 6.45) is 1.96. The van der Waals surface area contributed by atoms with E-state index in [1.807, 2.05) is 12.1 Å². The maximum atomic E-state index is 12.7. The Hall–Kier alpha value is -2.25. The van der Waals surface area contributed by atoms with Crippen molar-refractivity contribution < 1.29 is 13.2 Å². The van der Waals surface area contributed by atoms with Crippen molar-refractivity contribution in [3.8, 4) is 0 Å². The van der Waals surface area contributed by atoms with Gasteiger partial charge in [0, 0.05) is 16.3 Å². The third kappa shape index (κ3) is 3.47. The lowest BCUT2D eigenvalue weighted by atomic mass is 10.2. The fourth-order valence-electron chi connectivity index (χ4n) is 2.40. The molecular weight excluding hydrogens is 344 g/mol. The summed E-state index contributed by atoms with van der Waals surface area (Å²) in [7, 11) is -3.73. The van der Waals surface area contributed by atoms with Crippen LogP contribution in [-0.2, 0) is 21.2 Å². The molecule has 3 rings (SSSR count). The second-order valence-corrected chi connectivity index (χ2v) is 7.99. The van der Waals surface area contributed by atoms with E-state index in [9.17, 15) is 13.2 Å². The number of amides is 1. The zero-order valence-corrected chi connectivity index (χ0v) is 14.4. The molecule has 7 heteroatoms. The van der Waals surface area contributed by atoms with Gasteiger partial charge in [-0.25, -0.2) is 8.42 Å². The summed E-state index contributed by atoms with van der Waals surface area (Å²) in [5, 5.41) is 2.69. The van der Waals surface area contributed by atoms with E-state index in [4.69, 9.17) is 0 Å². The van der Waals surface area contributed by atoms with E-state index >= 15 is 0 Å². The minimum absolute atomic E-state index is 0.126. The van der Waals surface area contributed by atoms with Gasteiger partial charge in [0.1, 0.15) is 0 Å². The van der Waals surface area contributed by atoms with Crippen LogP contribution in [0.5, 0.6) is 0 Å². The highest BCUT2D eigenvalue weighted by Gasteiger charge is 2.22. The number of rotatable bonds is 6. The van der Waals surface area contributed by atoms with Crippen LogP contribution in [0.25, 0.3) is 0 Å². The molecule has 0 atom stereocenters. The van der Waals surface area contributed by atoms with E-state index in [1.165, 1.54) is 23.9 Å².